The van der Waals surface area contributed by atoms with E-state index in [-0.39, 0.29) is 18.3 Å². The lowest BCUT2D eigenvalue weighted by Crippen LogP contribution is -2.22. The second-order valence-corrected chi connectivity index (χ2v) is 9.20. The van der Waals surface area contributed by atoms with E-state index in [1.165, 1.54) is 0 Å². The number of carbonyl (C=O) groups is 1. The summed E-state index contributed by atoms with van der Waals surface area (Å²) in [5.74, 6) is 1.05. The molecule has 0 saturated heterocycles. The minimum absolute atomic E-state index is 0.132. The monoisotopic (exact) mass is 437 g/mol. The normalized spacial score (nSPS) is 19.7. The van der Waals surface area contributed by atoms with Crippen LogP contribution in [0.1, 0.15) is 52.2 Å². The van der Waals surface area contributed by atoms with E-state index >= 15 is 0 Å². The average molecular weight is 438 g/mol. The van der Waals surface area contributed by atoms with Gasteiger partial charge in [-0.1, -0.05) is 26.0 Å². The number of hydrogen-bond acceptors (Lipinski definition) is 5. The van der Waals surface area contributed by atoms with E-state index in [2.05, 4.69) is 19.9 Å². The second-order valence-electron chi connectivity index (χ2n) is 9.20. The smallest absolute Gasteiger partial charge is 0.231 e. The van der Waals surface area contributed by atoms with Gasteiger partial charge in [0.15, 0.2) is 11.5 Å². The maximum atomic E-state index is 13.4. The van der Waals surface area contributed by atoms with Crippen LogP contribution in [0.25, 0.3) is 10.9 Å². The highest BCUT2D eigenvalue weighted by Crippen LogP contribution is 2.51. The predicted molar refractivity (Wildman–Crippen MR) is 121 cm³/mol. The zero-order chi connectivity index (χ0) is 24.3. The molecule has 32 heavy (non-hydrogen) atoms. The second kappa shape index (κ2) is 7.94. The number of ether oxygens (including phenoxy) is 2. The van der Waals surface area contributed by atoms with Crippen molar-refractivity contribution in [1.82, 2.24) is 4.57 Å². The van der Waals surface area contributed by atoms with Crippen LogP contribution in [0.3, 0.4) is 0 Å². The van der Waals surface area contributed by atoms with E-state index in [4.69, 9.17) is 12.2 Å². The van der Waals surface area contributed by atoms with E-state index < -0.39 is 18.3 Å². The highest BCUT2D eigenvalue weighted by molar-refractivity contribution is 5.95. The maximum absolute atomic E-state index is 13.4. The fourth-order valence-corrected chi connectivity index (χ4v) is 4.69. The van der Waals surface area contributed by atoms with Gasteiger partial charge in [-0.15, -0.1) is 0 Å². The molecule has 1 fully saturated rings. The molecule has 0 spiro atoms. The highest BCUT2D eigenvalue weighted by Gasteiger charge is 2.50. The molecule has 1 atom stereocenters. The molecule has 1 saturated carbocycles. The van der Waals surface area contributed by atoms with Crippen LogP contribution < -0.4 is 9.47 Å². The van der Waals surface area contributed by atoms with Gasteiger partial charge < -0.3 is 24.3 Å². The predicted octanol–water partition coefficient (Wildman–Crippen LogP) is 3.69. The fraction of sp³-hybridized carbons (Fsp3) is 0.423. The number of ketones is 1. The van der Waals surface area contributed by atoms with Crippen molar-refractivity contribution in [1.29, 1.82) is 0 Å². The summed E-state index contributed by atoms with van der Waals surface area (Å²) in [4.78, 5) is 13.4. The van der Waals surface area contributed by atoms with Crippen LogP contribution in [0.4, 0.5) is 0 Å². The number of rotatable bonds is 8. The molecule has 0 amide bonds. The van der Waals surface area contributed by atoms with Crippen molar-refractivity contribution in [3.63, 3.8) is 0 Å². The largest absolute Gasteiger partial charge is 0.454 e. The molecular formula is C26H29NO5. The van der Waals surface area contributed by atoms with Gasteiger partial charge in [-0.2, -0.15) is 0 Å². The number of aliphatic hydroxyl groups is 2. The molecule has 5 rings (SSSR count). The first-order chi connectivity index (χ1) is 16.1. The van der Waals surface area contributed by atoms with Crippen molar-refractivity contribution < 1.29 is 27.2 Å². The summed E-state index contributed by atoms with van der Waals surface area (Å²) in [6.07, 6.45) is 0.981. The molecule has 6 heteroatoms. The molecule has 0 radical (unpaired) electrons. The topological polar surface area (TPSA) is 80.9 Å². The number of aliphatic hydroxyl groups excluding tert-OH is 2. The molecule has 2 N–H and O–H groups in total. The number of fused-ring (bicyclic) bond motifs is 2. The Morgan fingerprint density at radius 3 is 2.66 bits per heavy atom. The number of carbonyl (C=O) groups excluding carboxylic acids is 1. The van der Waals surface area contributed by atoms with Crippen molar-refractivity contribution in [3.8, 4) is 11.5 Å². The van der Waals surface area contributed by atoms with Crippen molar-refractivity contribution >= 4 is 16.7 Å². The van der Waals surface area contributed by atoms with Gasteiger partial charge in [0, 0.05) is 23.0 Å². The van der Waals surface area contributed by atoms with Crippen LogP contribution in [-0.2, 0) is 23.2 Å². The standard InChI is InChI=1S/C26H29NO5/c1-16(2)22-11-18-9-17(3-5-21(18)27(22)13-20(29)14-28)10-25(30)26(7-8-26)19-4-6-23-24(12-19)32-15-31-23/h3-6,9,11-12,16,20,28-29H,7-8,10,13-15H2,1-2H3/t20-/m1/s1/i15D2. The lowest BCUT2D eigenvalue weighted by Gasteiger charge is -2.16. The Morgan fingerprint density at radius 2 is 1.94 bits per heavy atom. The summed E-state index contributed by atoms with van der Waals surface area (Å²) >= 11 is 0. The summed E-state index contributed by atoms with van der Waals surface area (Å²) in [7, 11) is 0. The molecule has 3 aromatic rings. The third-order valence-corrected chi connectivity index (χ3v) is 6.64. The van der Waals surface area contributed by atoms with Gasteiger partial charge in [-0.05, 0) is 60.2 Å². The van der Waals surface area contributed by atoms with Gasteiger partial charge in [-0.25, -0.2) is 0 Å². The summed E-state index contributed by atoms with van der Waals surface area (Å²) in [6, 6.07) is 13.3. The maximum Gasteiger partial charge on any atom is 0.231 e. The Balaban J connectivity index is 1.40. The highest BCUT2D eigenvalue weighted by atomic mass is 16.7. The van der Waals surface area contributed by atoms with Gasteiger partial charge >= 0.3 is 0 Å². The number of aromatic nitrogens is 1. The Morgan fingerprint density at radius 1 is 1.16 bits per heavy atom. The SMILES string of the molecule is [2H]C1([2H])Oc2ccc(C3(C(=O)Cc4ccc5c(c4)cc(C(C)C)n5C[C@@H](O)CO)CC3)cc2O1. The zero-order valence-electron chi connectivity index (χ0n) is 20.3. The first kappa shape index (κ1) is 18.7. The van der Waals surface area contributed by atoms with Gasteiger partial charge in [-0.3, -0.25) is 4.79 Å². The molecule has 168 valence electrons. The van der Waals surface area contributed by atoms with Crippen molar-refractivity contribution in [2.75, 3.05) is 13.4 Å². The van der Waals surface area contributed by atoms with Gasteiger partial charge in [0.2, 0.25) is 6.75 Å². The quantitative estimate of drug-likeness (QED) is 0.562. The minimum Gasteiger partial charge on any atom is -0.454 e. The van der Waals surface area contributed by atoms with Crippen LogP contribution in [0.15, 0.2) is 42.5 Å². The summed E-state index contributed by atoms with van der Waals surface area (Å²) in [5.41, 5.74) is 3.24. The van der Waals surface area contributed by atoms with Crippen LogP contribution >= 0.6 is 0 Å². The van der Waals surface area contributed by atoms with Crippen molar-refractivity contribution in [2.45, 2.75) is 57.1 Å². The number of Topliss-reactive ketones (excluding diaryl/α,β-unsaturated/α-hetero) is 1. The van der Waals surface area contributed by atoms with Gasteiger partial charge in [0.05, 0.1) is 24.7 Å². The summed E-state index contributed by atoms with van der Waals surface area (Å²) in [5, 5.41) is 20.3. The molecule has 1 aliphatic heterocycles. The van der Waals surface area contributed by atoms with E-state index in [1.54, 1.807) is 12.1 Å². The van der Waals surface area contributed by atoms with Crippen LogP contribution in [0, 0.1) is 0 Å². The van der Waals surface area contributed by atoms with Crippen molar-refractivity contribution in [2.24, 2.45) is 0 Å². The van der Waals surface area contributed by atoms with E-state index in [1.807, 2.05) is 28.8 Å². The molecular weight excluding hydrogens is 406 g/mol. The number of nitrogens with zero attached hydrogens (tertiary/aromatic N) is 1. The molecule has 1 aromatic heterocycles. The van der Waals surface area contributed by atoms with Gasteiger partial charge in [0.1, 0.15) is 8.52 Å². The first-order valence-corrected chi connectivity index (χ1v) is 11.1. The minimum atomic E-state index is -2.18. The molecule has 2 heterocycles. The van der Waals surface area contributed by atoms with E-state index in [0.29, 0.717) is 24.5 Å². The van der Waals surface area contributed by atoms with Crippen LogP contribution in [0.5, 0.6) is 11.5 Å². The van der Waals surface area contributed by atoms with Crippen LogP contribution in [-0.4, -0.2) is 40.0 Å². The molecule has 0 bridgehead atoms. The first-order valence-electron chi connectivity index (χ1n) is 12.1. The Kier molecular flexibility index (Phi) is 4.64. The molecule has 1 aliphatic carbocycles. The molecule has 2 aromatic carbocycles. The van der Waals surface area contributed by atoms with Crippen LogP contribution in [0.2, 0.25) is 0 Å². The van der Waals surface area contributed by atoms with E-state index in [0.717, 1.165) is 40.6 Å². The van der Waals surface area contributed by atoms with Gasteiger partial charge in [0.25, 0.3) is 0 Å². The number of benzene rings is 2. The van der Waals surface area contributed by atoms with Crippen molar-refractivity contribution in [3.05, 3.63) is 59.3 Å². The Hall–Kier alpha value is -2.83. The molecule has 6 nitrogen and oxygen atoms in total. The summed E-state index contributed by atoms with van der Waals surface area (Å²) in [6.45, 7) is 2.02. The Labute approximate surface area is 190 Å². The average Bonchev–Trinajstić information content (AvgIpc) is 3.43. The third kappa shape index (κ3) is 3.57. The summed E-state index contributed by atoms with van der Waals surface area (Å²) < 4.78 is 27.7. The fourth-order valence-electron chi connectivity index (χ4n) is 4.69. The lowest BCUT2D eigenvalue weighted by molar-refractivity contribution is -0.120. The van der Waals surface area contributed by atoms with E-state index in [9.17, 15) is 15.0 Å². The Bertz CT molecular complexity index is 1260. The molecule has 0 unspecified atom stereocenters. The molecule has 2 aliphatic rings. The lowest BCUT2D eigenvalue weighted by atomic mass is 9.87. The third-order valence-electron chi connectivity index (χ3n) is 6.64. The zero-order valence-corrected chi connectivity index (χ0v) is 18.3. The number of hydrogen-bond donors (Lipinski definition) is 2.